The van der Waals surface area contributed by atoms with Gasteiger partial charge in [-0.1, -0.05) is 23.2 Å². The quantitative estimate of drug-likeness (QED) is 0.664. The summed E-state index contributed by atoms with van der Waals surface area (Å²) in [5, 5.41) is 11.1. The van der Waals surface area contributed by atoms with Crippen molar-refractivity contribution in [3.63, 3.8) is 0 Å². The van der Waals surface area contributed by atoms with Gasteiger partial charge in [-0.05, 0) is 41.9 Å². The van der Waals surface area contributed by atoms with E-state index in [1.807, 2.05) is 0 Å². The van der Waals surface area contributed by atoms with Crippen molar-refractivity contribution in [3.8, 4) is 5.75 Å². The van der Waals surface area contributed by atoms with E-state index in [0.717, 1.165) is 11.2 Å². The van der Waals surface area contributed by atoms with Crippen molar-refractivity contribution in [2.45, 2.75) is 0 Å². The first-order chi connectivity index (χ1) is 8.56. The van der Waals surface area contributed by atoms with Crippen LogP contribution in [0.4, 0.5) is 5.69 Å². The van der Waals surface area contributed by atoms with Crippen LogP contribution in [0.15, 0.2) is 41.4 Å². The Balaban J connectivity index is 2.31. The highest BCUT2D eigenvalue weighted by Gasteiger charge is 2.03. The summed E-state index contributed by atoms with van der Waals surface area (Å²) in [5.41, 5.74) is 2.08. The minimum absolute atomic E-state index is 0.192. The maximum Gasteiger partial charge on any atom is 0.144 e. The summed E-state index contributed by atoms with van der Waals surface area (Å²) >= 11 is 11.7. The first kappa shape index (κ1) is 13.0. The van der Waals surface area contributed by atoms with Gasteiger partial charge in [-0.25, -0.2) is 0 Å². The summed E-state index contributed by atoms with van der Waals surface area (Å²) in [6.07, 6.45) is 1.58. The monoisotopic (exact) mass is 277 g/mol. The molecule has 0 atom stereocenters. The summed E-state index contributed by atoms with van der Waals surface area (Å²) in [6.45, 7) is 0. The van der Waals surface area contributed by atoms with E-state index in [-0.39, 0.29) is 5.75 Å². The molecule has 0 fully saturated rings. The SMILES string of the molecule is Bc1cc(Cl)cc(/C=N/c2ccc(Cl)cc2)c1O. The highest BCUT2D eigenvalue weighted by atomic mass is 35.5. The number of hydrogen-bond donors (Lipinski definition) is 1. The Labute approximate surface area is 116 Å². The van der Waals surface area contributed by atoms with Gasteiger partial charge in [-0.3, -0.25) is 4.99 Å². The van der Waals surface area contributed by atoms with Crippen molar-refractivity contribution in [1.82, 2.24) is 0 Å². The van der Waals surface area contributed by atoms with Crippen molar-refractivity contribution >= 4 is 48.4 Å². The average molecular weight is 278 g/mol. The van der Waals surface area contributed by atoms with Gasteiger partial charge in [-0.2, -0.15) is 0 Å². The molecule has 18 heavy (non-hydrogen) atoms. The summed E-state index contributed by atoms with van der Waals surface area (Å²) in [7, 11) is 1.79. The Morgan fingerprint density at radius 3 is 2.39 bits per heavy atom. The molecule has 0 bridgehead atoms. The van der Waals surface area contributed by atoms with Crippen LogP contribution in [0.25, 0.3) is 0 Å². The lowest BCUT2D eigenvalue weighted by atomic mass is 9.93. The molecule has 1 N–H and O–H groups in total. The second-order valence-corrected chi connectivity index (χ2v) is 4.77. The summed E-state index contributed by atoms with van der Waals surface area (Å²) < 4.78 is 0. The van der Waals surface area contributed by atoms with Crippen molar-refractivity contribution < 1.29 is 5.11 Å². The summed E-state index contributed by atoms with van der Waals surface area (Å²) in [5.74, 6) is 0.192. The lowest BCUT2D eigenvalue weighted by Gasteiger charge is -2.03. The molecular weight excluding hydrogens is 268 g/mol. The van der Waals surface area contributed by atoms with E-state index in [2.05, 4.69) is 4.99 Å². The maximum absolute atomic E-state index is 9.87. The summed E-state index contributed by atoms with van der Waals surface area (Å²) in [4.78, 5) is 4.26. The van der Waals surface area contributed by atoms with Crippen LogP contribution in [0.5, 0.6) is 5.75 Å². The van der Waals surface area contributed by atoms with Gasteiger partial charge in [0.15, 0.2) is 0 Å². The van der Waals surface area contributed by atoms with Gasteiger partial charge in [0.1, 0.15) is 13.6 Å². The average Bonchev–Trinajstić information content (AvgIpc) is 2.34. The van der Waals surface area contributed by atoms with Crippen LogP contribution in [0, 0.1) is 0 Å². The first-order valence-electron chi connectivity index (χ1n) is 5.35. The summed E-state index contributed by atoms with van der Waals surface area (Å²) in [6, 6.07) is 10.5. The Bertz CT molecular complexity index is 597. The van der Waals surface area contributed by atoms with Crippen LogP contribution in [-0.2, 0) is 0 Å². The first-order valence-corrected chi connectivity index (χ1v) is 6.10. The fraction of sp³-hybridized carbons (Fsp3) is 0. The molecule has 0 aliphatic rings. The van der Waals surface area contributed by atoms with Gasteiger partial charge in [0, 0.05) is 21.8 Å². The minimum atomic E-state index is 0.192. The predicted molar refractivity (Wildman–Crippen MR) is 80.0 cm³/mol. The molecule has 0 aliphatic heterocycles. The molecule has 0 saturated carbocycles. The maximum atomic E-state index is 9.87. The molecule has 2 nitrogen and oxygen atoms in total. The molecule has 0 spiro atoms. The number of hydrogen-bond acceptors (Lipinski definition) is 2. The van der Waals surface area contributed by atoms with Crippen molar-refractivity contribution in [1.29, 1.82) is 0 Å². The van der Waals surface area contributed by atoms with Gasteiger partial charge in [-0.15, -0.1) is 0 Å². The molecular formula is C13H10BCl2NO. The van der Waals surface area contributed by atoms with Gasteiger partial charge in [0.25, 0.3) is 0 Å². The van der Waals surface area contributed by atoms with E-state index < -0.39 is 0 Å². The number of phenols is 1. The number of benzene rings is 2. The molecule has 0 amide bonds. The molecule has 0 aliphatic carbocycles. The van der Waals surface area contributed by atoms with Crippen molar-refractivity contribution in [2.75, 3.05) is 0 Å². The zero-order chi connectivity index (χ0) is 13.1. The molecule has 0 heterocycles. The van der Waals surface area contributed by atoms with Crippen LogP contribution in [-0.4, -0.2) is 19.2 Å². The van der Waals surface area contributed by atoms with Gasteiger partial charge >= 0.3 is 0 Å². The Kier molecular flexibility index (Phi) is 3.95. The van der Waals surface area contributed by atoms with Crippen LogP contribution in [0.3, 0.4) is 0 Å². The Morgan fingerprint density at radius 1 is 1.06 bits per heavy atom. The topological polar surface area (TPSA) is 32.6 Å². The molecule has 2 aromatic rings. The van der Waals surface area contributed by atoms with E-state index in [1.165, 1.54) is 0 Å². The smallest absolute Gasteiger partial charge is 0.144 e. The largest absolute Gasteiger partial charge is 0.508 e. The predicted octanol–water partition coefficient (Wildman–Crippen LogP) is 2.71. The van der Waals surface area contributed by atoms with Gasteiger partial charge in [0.05, 0.1) is 5.69 Å². The molecule has 5 heteroatoms. The molecule has 2 aromatic carbocycles. The minimum Gasteiger partial charge on any atom is -0.508 e. The lowest BCUT2D eigenvalue weighted by Crippen LogP contribution is -2.04. The highest BCUT2D eigenvalue weighted by molar-refractivity contribution is 6.38. The fourth-order valence-electron chi connectivity index (χ4n) is 1.53. The van der Waals surface area contributed by atoms with Crippen LogP contribution in [0.2, 0.25) is 10.0 Å². The number of aliphatic imine (C=N–C) groups is 1. The molecule has 0 unspecified atom stereocenters. The molecule has 90 valence electrons. The third-order valence-electron chi connectivity index (χ3n) is 2.47. The van der Waals surface area contributed by atoms with Crippen molar-refractivity contribution in [3.05, 3.63) is 52.0 Å². The number of aromatic hydroxyl groups is 1. The molecule has 0 saturated heterocycles. The number of nitrogens with zero attached hydrogens (tertiary/aromatic N) is 1. The van der Waals surface area contributed by atoms with E-state index >= 15 is 0 Å². The number of rotatable bonds is 2. The molecule has 0 radical (unpaired) electrons. The van der Waals surface area contributed by atoms with E-state index in [0.29, 0.717) is 15.6 Å². The standard InChI is InChI=1S/C13H10BCl2NO/c14-12-6-10(16)5-8(13(12)18)7-17-11-3-1-9(15)2-4-11/h1-7,18H,14H2/b17-7+. The number of halogens is 2. The van der Waals surface area contributed by atoms with E-state index in [1.54, 1.807) is 50.5 Å². The van der Waals surface area contributed by atoms with Gasteiger partial charge in [0.2, 0.25) is 0 Å². The second kappa shape index (κ2) is 5.47. The lowest BCUT2D eigenvalue weighted by molar-refractivity contribution is 0.479. The number of phenolic OH excluding ortho intramolecular Hbond substituents is 1. The van der Waals surface area contributed by atoms with Crippen LogP contribution < -0.4 is 5.46 Å². The van der Waals surface area contributed by atoms with Crippen molar-refractivity contribution in [2.24, 2.45) is 4.99 Å². The highest BCUT2D eigenvalue weighted by Crippen LogP contribution is 2.20. The van der Waals surface area contributed by atoms with Gasteiger partial charge < -0.3 is 5.11 Å². The Morgan fingerprint density at radius 2 is 1.72 bits per heavy atom. The zero-order valence-corrected chi connectivity index (χ0v) is 11.2. The zero-order valence-electron chi connectivity index (χ0n) is 9.69. The third kappa shape index (κ3) is 3.06. The van der Waals surface area contributed by atoms with E-state index in [9.17, 15) is 5.11 Å². The molecule has 0 aromatic heterocycles. The Hall–Kier alpha value is -1.45. The second-order valence-electron chi connectivity index (χ2n) is 3.90. The van der Waals surface area contributed by atoms with Crippen LogP contribution in [0.1, 0.15) is 5.56 Å². The fourth-order valence-corrected chi connectivity index (χ4v) is 1.94. The third-order valence-corrected chi connectivity index (χ3v) is 2.94. The van der Waals surface area contributed by atoms with Crippen LogP contribution >= 0.6 is 23.2 Å². The normalized spacial score (nSPS) is 11.0. The molecule has 2 rings (SSSR count). The van der Waals surface area contributed by atoms with E-state index in [4.69, 9.17) is 23.2 Å².